The lowest BCUT2D eigenvalue weighted by molar-refractivity contribution is -0.132. The Kier molecular flexibility index (Phi) is 9.85. The molecule has 1 saturated heterocycles. The molecule has 0 N–H and O–H groups in total. The summed E-state index contributed by atoms with van der Waals surface area (Å²) in [5.41, 5.74) is 0.306. The van der Waals surface area contributed by atoms with Crippen LogP contribution in [0.2, 0.25) is 0 Å². The number of sulfonamides is 1. The second-order valence-electron chi connectivity index (χ2n) is 9.49. The maximum Gasteiger partial charge on any atom is 0.243 e. The number of hydrogen-bond donors (Lipinski definition) is 0. The quantitative estimate of drug-likeness (QED) is 0.504. The Morgan fingerprint density at radius 2 is 1.86 bits per heavy atom. The van der Waals surface area contributed by atoms with Crippen LogP contribution in [0.3, 0.4) is 0 Å². The monoisotopic (exact) mass is 543 g/mol. The Labute approximate surface area is 218 Å². The Hall–Kier alpha value is -2.08. The number of hydrogen-bond acceptors (Lipinski definition) is 7. The zero-order valence-corrected chi connectivity index (χ0v) is 22.5. The van der Waals surface area contributed by atoms with Crippen molar-refractivity contribution in [2.75, 3.05) is 33.2 Å². The fourth-order valence-electron chi connectivity index (χ4n) is 4.77. The van der Waals surface area contributed by atoms with E-state index in [-0.39, 0.29) is 23.2 Å². The summed E-state index contributed by atoms with van der Waals surface area (Å²) in [6, 6.07) is 4.20. The lowest BCUT2D eigenvalue weighted by atomic mass is 9.94. The number of halogens is 2. The standard InChI is InChI=1S/C24H34FN5O4S.ClH/c1-18-16-20(8-9-21(18)25)35(32,33)30-14-12-29(13-15-30)17-22-26-23(34-27-22)10-11-24(31)28(2)19-6-4-3-5-7-19;/h8-9,16,19H,3-7,10-15,17H2,1-2H3;1H. The average molecular weight is 544 g/mol. The molecule has 4 rings (SSSR count). The molecule has 200 valence electrons. The van der Waals surface area contributed by atoms with E-state index in [4.69, 9.17) is 4.52 Å². The molecule has 12 heteroatoms. The van der Waals surface area contributed by atoms with Crippen molar-refractivity contribution >= 4 is 28.3 Å². The second-order valence-corrected chi connectivity index (χ2v) is 11.4. The molecule has 0 atom stereocenters. The fraction of sp³-hybridized carbons (Fsp3) is 0.625. The SMILES string of the molecule is Cc1cc(S(=O)(=O)N2CCN(Cc3noc(CCC(=O)N(C)C4CCCCC4)n3)CC2)ccc1F.Cl. The van der Waals surface area contributed by atoms with Gasteiger partial charge in [0, 0.05) is 52.1 Å². The van der Waals surface area contributed by atoms with Gasteiger partial charge in [-0.25, -0.2) is 12.8 Å². The Balaban J connectivity index is 0.00000361. The number of carbonyl (C=O) groups is 1. The van der Waals surface area contributed by atoms with E-state index in [9.17, 15) is 17.6 Å². The maximum atomic E-state index is 13.5. The maximum absolute atomic E-state index is 13.5. The predicted molar refractivity (Wildman–Crippen MR) is 135 cm³/mol. The van der Waals surface area contributed by atoms with Crippen LogP contribution in [0.5, 0.6) is 0 Å². The van der Waals surface area contributed by atoms with Crippen molar-refractivity contribution in [3.63, 3.8) is 0 Å². The molecule has 2 fully saturated rings. The first-order chi connectivity index (χ1) is 16.7. The number of aryl methyl sites for hydroxylation is 2. The van der Waals surface area contributed by atoms with Crippen molar-refractivity contribution in [2.45, 2.75) is 69.4 Å². The molecule has 2 aromatic rings. The van der Waals surface area contributed by atoms with Crippen molar-refractivity contribution in [3.8, 4) is 0 Å². The summed E-state index contributed by atoms with van der Waals surface area (Å²) in [5, 5.41) is 4.04. The number of carbonyl (C=O) groups excluding carboxylic acids is 1. The number of benzene rings is 1. The summed E-state index contributed by atoms with van der Waals surface area (Å²) in [6.45, 7) is 3.69. The Morgan fingerprint density at radius 1 is 1.17 bits per heavy atom. The summed E-state index contributed by atoms with van der Waals surface area (Å²) < 4.78 is 46.1. The van der Waals surface area contributed by atoms with Gasteiger partial charge in [-0.3, -0.25) is 9.69 Å². The number of nitrogens with zero attached hydrogens (tertiary/aromatic N) is 5. The van der Waals surface area contributed by atoms with Crippen LogP contribution in [0.25, 0.3) is 0 Å². The predicted octanol–water partition coefficient (Wildman–Crippen LogP) is 3.17. The number of piperazine rings is 1. The summed E-state index contributed by atoms with van der Waals surface area (Å²) in [4.78, 5) is 21.0. The van der Waals surface area contributed by atoms with Gasteiger partial charge in [0.15, 0.2) is 5.82 Å². The molecule has 1 amide bonds. The van der Waals surface area contributed by atoms with E-state index < -0.39 is 15.8 Å². The highest BCUT2D eigenvalue weighted by atomic mass is 35.5. The van der Waals surface area contributed by atoms with E-state index in [0.717, 1.165) is 12.8 Å². The van der Waals surface area contributed by atoms with Crippen LogP contribution in [-0.4, -0.2) is 77.8 Å². The highest BCUT2D eigenvalue weighted by Crippen LogP contribution is 2.23. The summed E-state index contributed by atoms with van der Waals surface area (Å²) in [6.07, 6.45) is 6.51. The average Bonchev–Trinajstić information content (AvgIpc) is 3.31. The lowest BCUT2D eigenvalue weighted by Crippen LogP contribution is -2.48. The van der Waals surface area contributed by atoms with Gasteiger partial charge in [0.1, 0.15) is 5.82 Å². The zero-order valence-electron chi connectivity index (χ0n) is 20.9. The molecule has 1 aliphatic carbocycles. The normalized spacial score (nSPS) is 18.1. The van der Waals surface area contributed by atoms with E-state index in [1.165, 1.54) is 41.8 Å². The zero-order chi connectivity index (χ0) is 25.0. The topological polar surface area (TPSA) is 99.8 Å². The minimum atomic E-state index is -3.67. The minimum Gasteiger partial charge on any atom is -0.343 e. The molecule has 0 unspecified atom stereocenters. The molecule has 9 nitrogen and oxygen atoms in total. The van der Waals surface area contributed by atoms with Crippen molar-refractivity contribution in [1.29, 1.82) is 0 Å². The van der Waals surface area contributed by atoms with E-state index in [1.54, 1.807) is 6.92 Å². The molecular formula is C24H35ClFN5O4S. The van der Waals surface area contributed by atoms with Crippen molar-refractivity contribution in [1.82, 2.24) is 24.2 Å². The Bertz CT molecular complexity index is 1130. The number of aromatic nitrogens is 2. The fourth-order valence-corrected chi connectivity index (χ4v) is 6.28. The number of amides is 1. The van der Waals surface area contributed by atoms with E-state index >= 15 is 0 Å². The van der Waals surface area contributed by atoms with Crippen LogP contribution in [0.15, 0.2) is 27.6 Å². The molecule has 0 spiro atoms. The van der Waals surface area contributed by atoms with Gasteiger partial charge < -0.3 is 9.42 Å². The van der Waals surface area contributed by atoms with Crippen LogP contribution in [0.1, 0.15) is 55.8 Å². The van der Waals surface area contributed by atoms with Crippen LogP contribution >= 0.6 is 12.4 Å². The second kappa shape index (κ2) is 12.4. The van der Waals surface area contributed by atoms with Crippen molar-refractivity contribution in [3.05, 3.63) is 41.3 Å². The highest BCUT2D eigenvalue weighted by molar-refractivity contribution is 7.89. The molecule has 1 aromatic heterocycles. The van der Waals surface area contributed by atoms with Crippen molar-refractivity contribution in [2.24, 2.45) is 0 Å². The smallest absolute Gasteiger partial charge is 0.243 e. The Morgan fingerprint density at radius 3 is 2.53 bits per heavy atom. The summed E-state index contributed by atoms with van der Waals surface area (Å²) in [5.74, 6) is 0.649. The third-order valence-electron chi connectivity index (χ3n) is 7.04. The molecule has 2 aliphatic rings. The number of rotatable bonds is 8. The van der Waals surface area contributed by atoms with Crippen LogP contribution < -0.4 is 0 Å². The molecule has 0 radical (unpaired) electrons. The molecule has 0 bridgehead atoms. The molecule has 36 heavy (non-hydrogen) atoms. The minimum absolute atomic E-state index is 0. The molecule has 2 heterocycles. The third kappa shape index (κ3) is 6.81. The first-order valence-corrected chi connectivity index (χ1v) is 13.7. The van der Waals surface area contributed by atoms with Crippen LogP contribution in [0.4, 0.5) is 4.39 Å². The first kappa shape index (κ1) is 28.5. The highest BCUT2D eigenvalue weighted by Gasteiger charge is 2.29. The van der Waals surface area contributed by atoms with Crippen molar-refractivity contribution < 1.29 is 22.1 Å². The van der Waals surface area contributed by atoms with Gasteiger partial charge in [-0.1, -0.05) is 24.4 Å². The first-order valence-electron chi connectivity index (χ1n) is 12.3. The van der Waals surface area contributed by atoms with Gasteiger partial charge in [-0.2, -0.15) is 9.29 Å². The van der Waals surface area contributed by atoms with Gasteiger partial charge in [0.25, 0.3) is 0 Å². The van der Waals surface area contributed by atoms with Gasteiger partial charge in [0.05, 0.1) is 11.4 Å². The molecular weight excluding hydrogens is 509 g/mol. The van der Waals surface area contributed by atoms with E-state index in [0.29, 0.717) is 68.9 Å². The lowest BCUT2D eigenvalue weighted by Gasteiger charge is -2.33. The third-order valence-corrected chi connectivity index (χ3v) is 8.94. The molecule has 1 aromatic carbocycles. The van der Waals surface area contributed by atoms with Crippen LogP contribution in [0, 0.1) is 12.7 Å². The molecule has 1 saturated carbocycles. The van der Waals surface area contributed by atoms with Gasteiger partial charge in [-0.15, -0.1) is 12.4 Å². The van der Waals surface area contributed by atoms with Gasteiger partial charge in [-0.05, 0) is 43.5 Å². The van der Waals surface area contributed by atoms with E-state index in [1.807, 2.05) is 11.9 Å². The van der Waals surface area contributed by atoms with Crippen LogP contribution in [-0.2, 0) is 27.8 Å². The summed E-state index contributed by atoms with van der Waals surface area (Å²) >= 11 is 0. The van der Waals surface area contributed by atoms with Gasteiger partial charge >= 0.3 is 0 Å². The largest absolute Gasteiger partial charge is 0.343 e. The van der Waals surface area contributed by atoms with Gasteiger partial charge in [0.2, 0.25) is 21.8 Å². The molecule has 1 aliphatic heterocycles. The summed E-state index contributed by atoms with van der Waals surface area (Å²) in [7, 11) is -1.79. The van der Waals surface area contributed by atoms with E-state index in [2.05, 4.69) is 15.0 Å².